The van der Waals surface area contributed by atoms with Gasteiger partial charge in [0.15, 0.2) is 0 Å². The highest BCUT2D eigenvalue weighted by Crippen LogP contribution is 2.37. The van der Waals surface area contributed by atoms with Gasteiger partial charge in [-0.25, -0.2) is 9.97 Å². The van der Waals surface area contributed by atoms with E-state index in [2.05, 4.69) is 40.9 Å². The maximum Gasteiger partial charge on any atom is 0.141 e. The number of hydrogen-bond acceptors (Lipinski definition) is 7. The van der Waals surface area contributed by atoms with Gasteiger partial charge in [-0.1, -0.05) is 23.2 Å². The lowest BCUT2D eigenvalue weighted by Gasteiger charge is -2.53. The molecule has 0 radical (unpaired) electrons. The fourth-order valence-electron chi connectivity index (χ4n) is 5.52. The normalized spacial score (nSPS) is 18.8. The Hall–Kier alpha value is -3.03. The van der Waals surface area contributed by atoms with Gasteiger partial charge in [0, 0.05) is 67.0 Å². The number of nitriles is 1. The van der Waals surface area contributed by atoms with Crippen molar-refractivity contribution >= 4 is 34.2 Å². The van der Waals surface area contributed by atoms with Crippen LogP contribution < -0.4 is 0 Å². The molecule has 0 spiro atoms. The lowest BCUT2D eigenvalue weighted by molar-refractivity contribution is -0.0436. The molecule has 9 nitrogen and oxygen atoms in total. The first kappa shape index (κ1) is 23.4. The third-order valence-electron chi connectivity index (χ3n) is 7.51. The Labute approximate surface area is 218 Å². The van der Waals surface area contributed by atoms with Crippen molar-refractivity contribution in [3.63, 3.8) is 0 Å². The Bertz CT molecular complexity index is 1400. The summed E-state index contributed by atoms with van der Waals surface area (Å²) in [6.07, 6.45) is 13.1. The average molecular weight is 522 g/mol. The third kappa shape index (κ3) is 4.14. The summed E-state index contributed by atoms with van der Waals surface area (Å²) in [4.78, 5) is 20.8. The van der Waals surface area contributed by atoms with Crippen molar-refractivity contribution in [2.75, 3.05) is 26.2 Å². The van der Waals surface area contributed by atoms with E-state index in [4.69, 9.17) is 23.2 Å². The molecule has 2 fully saturated rings. The number of rotatable bonds is 6. The molecule has 36 heavy (non-hydrogen) atoms. The van der Waals surface area contributed by atoms with E-state index in [0.29, 0.717) is 22.5 Å². The van der Waals surface area contributed by atoms with Crippen molar-refractivity contribution in [2.24, 2.45) is 0 Å². The quantitative estimate of drug-likeness (QED) is 0.407. The van der Waals surface area contributed by atoms with Crippen LogP contribution in [0.5, 0.6) is 0 Å². The Morgan fingerprint density at radius 1 is 1.11 bits per heavy atom. The van der Waals surface area contributed by atoms with Crippen LogP contribution in [-0.4, -0.2) is 71.7 Å². The van der Waals surface area contributed by atoms with E-state index in [-0.39, 0.29) is 5.54 Å². The Balaban J connectivity index is 1.12. The number of aromatic nitrogens is 6. The van der Waals surface area contributed by atoms with Crippen molar-refractivity contribution in [3.05, 3.63) is 59.0 Å². The average Bonchev–Trinajstić information content (AvgIpc) is 3.54. The van der Waals surface area contributed by atoms with Gasteiger partial charge in [-0.3, -0.25) is 19.5 Å². The topological polar surface area (TPSA) is 103 Å². The predicted molar refractivity (Wildman–Crippen MR) is 137 cm³/mol. The maximum absolute atomic E-state index is 9.61. The summed E-state index contributed by atoms with van der Waals surface area (Å²) >= 11 is 12.6. The number of fused-ring (bicyclic) bond motifs is 1. The molecule has 0 amide bonds. The molecule has 4 aromatic heterocycles. The van der Waals surface area contributed by atoms with Crippen LogP contribution in [0.2, 0.25) is 10.0 Å². The predicted octanol–water partition coefficient (Wildman–Crippen LogP) is 4.11. The first-order valence-corrected chi connectivity index (χ1v) is 12.8. The van der Waals surface area contributed by atoms with Gasteiger partial charge in [0.05, 0.1) is 34.4 Å². The van der Waals surface area contributed by atoms with Crippen LogP contribution in [0.1, 0.15) is 24.8 Å². The largest absolute Gasteiger partial charge is 0.346 e. The number of aromatic amines is 1. The summed E-state index contributed by atoms with van der Waals surface area (Å²) in [6.45, 7) is 4.33. The molecular formula is C25H25Cl2N9. The van der Waals surface area contributed by atoms with Gasteiger partial charge < -0.3 is 4.98 Å². The molecule has 11 heteroatoms. The van der Waals surface area contributed by atoms with E-state index < -0.39 is 0 Å². The number of pyridine rings is 1. The molecule has 2 saturated heterocycles. The second-order valence-corrected chi connectivity index (χ2v) is 10.5. The van der Waals surface area contributed by atoms with E-state index in [0.717, 1.165) is 73.4 Å². The molecule has 0 aliphatic carbocycles. The summed E-state index contributed by atoms with van der Waals surface area (Å²) in [6, 6.07) is 4.86. The molecule has 2 aliphatic rings. The lowest BCUT2D eigenvalue weighted by atomic mass is 9.83. The van der Waals surface area contributed by atoms with Crippen LogP contribution in [0.15, 0.2) is 43.4 Å². The van der Waals surface area contributed by atoms with Gasteiger partial charge in [0.1, 0.15) is 17.5 Å². The molecule has 1 N–H and O–H groups in total. The minimum Gasteiger partial charge on any atom is -0.346 e. The second-order valence-electron chi connectivity index (χ2n) is 9.69. The highest BCUT2D eigenvalue weighted by molar-refractivity contribution is 6.35. The van der Waals surface area contributed by atoms with Crippen LogP contribution in [0.3, 0.4) is 0 Å². The molecule has 0 atom stereocenters. The van der Waals surface area contributed by atoms with Gasteiger partial charge in [-0.2, -0.15) is 10.4 Å². The summed E-state index contributed by atoms with van der Waals surface area (Å²) in [5, 5.41) is 16.5. The molecule has 2 aliphatic heterocycles. The van der Waals surface area contributed by atoms with E-state index in [9.17, 15) is 5.26 Å². The summed E-state index contributed by atoms with van der Waals surface area (Å²) in [7, 11) is 0. The number of hydrogen-bond donors (Lipinski definition) is 1. The lowest BCUT2D eigenvalue weighted by Crippen LogP contribution is -2.66. The van der Waals surface area contributed by atoms with E-state index in [1.165, 1.54) is 0 Å². The molecule has 184 valence electrons. The maximum atomic E-state index is 9.61. The van der Waals surface area contributed by atoms with Gasteiger partial charge in [0.2, 0.25) is 0 Å². The van der Waals surface area contributed by atoms with Crippen LogP contribution in [-0.2, 0) is 12.1 Å². The minimum atomic E-state index is -0.313. The molecule has 0 bridgehead atoms. The Morgan fingerprint density at radius 3 is 2.64 bits per heavy atom. The van der Waals surface area contributed by atoms with Crippen molar-refractivity contribution in [2.45, 2.75) is 37.4 Å². The van der Waals surface area contributed by atoms with Gasteiger partial charge in [0.25, 0.3) is 0 Å². The zero-order valence-corrected chi connectivity index (χ0v) is 21.1. The Morgan fingerprint density at radius 2 is 1.89 bits per heavy atom. The van der Waals surface area contributed by atoms with Gasteiger partial charge in [-0.15, -0.1) is 0 Å². The molecule has 6 heterocycles. The third-order valence-corrected chi connectivity index (χ3v) is 8.16. The van der Waals surface area contributed by atoms with Crippen molar-refractivity contribution in [1.82, 2.24) is 39.5 Å². The monoisotopic (exact) mass is 521 g/mol. The first-order valence-electron chi connectivity index (χ1n) is 12.0. The highest BCUT2D eigenvalue weighted by atomic mass is 35.5. The fourth-order valence-corrected chi connectivity index (χ4v) is 6.00. The summed E-state index contributed by atoms with van der Waals surface area (Å²) in [5.74, 6) is 0. The van der Waals surface area contributed by atoms with Crippen LogP contribution in [0.25, 0.3) is 22.3 Å². The second kappa shape index (κ2) is 9.45. The zero-order valence-electron chi connectivity index (χ0n) is 19.6. The molecular weight excluding hydrogens is 497 g/mol. The number of nitrogens with one attached hydrogen (secondary N) is 1. The summed E-state index contributed by atoms with van der Waals surface area (Å²) in [5.41, 5.74) is 3.21. The molecule has 0 unspecified atom stereocenters. The highest BCUT2D eigenvalue weighted by Gasteiger charge is 2.48. The van der Waals surface area contributed by atoms with Gasteiger partial charge >= 0.3 is 0 Å². The van der Waals surface area contributed by atoms with E-state index in [1.807, 2.05) is 29.3 Å². The van der Waals surface area contributed by atoms with E-state index in [1.54, 1.807) is 18.7 Å². The molecule has 6 rings (SSSR count). The van der Waals surface area contributed by atoms with E-state index >= 15 is 0 Å². The van der Waals surface area contributed by atoms with Crippen molar-refractivity contribution in [1.29, 1.82) is 5.26 Å². The van der Waals surface area contributed by atoms with Crippen LogP contribution >= 0.6 is 23.2 Å². The smallest absolute Gasteiger partial charge is 0.141 e. The molecule has 0 aromatic carbocycles. The van der Waals surface area contributed by atoms with Crippen LogP contribution in [0, 0.1) is 11.3 Å². The standard InChI is InChI=1S/C25H25Cl2N9/c26-21-10-29-11-22(27)20(21)13-34-7-2-18(3-8-34)35-14-25(15-35,4-5-28)36-12-17(9-33-36)23-19-1-6-30-24(19)32-16-31-23/h1,6,9-12,16,18H,2-4,7-8,13-15H2,(H,30,31,32). The van der Waals surface area contributed by atoms with Gasteiger partial charge in [-0.05, 0) is 32.0 Å². The Kier molecular flexibility index (Phi) is 6.13. The molecule has 0 saturated carbocycles. The summed E-state index contributed by atoms with van der Waals surface area (Å²) < 4.78 is 1.98. The number of piperidine rings is 1. The minimum absolute atomic E-state index is 0.313. The SMILES string of the molecule is N#CCC1(n2cc(-c3ncnc4[nH]ccc34)cn2)CN(C2CCN(Cc3c(Cl)cncc3Cl)CC2)C1. The first-order chi connectivity index (χ1) is 17.6. The molecule has 4 aromatic rings. The number of likely N-dealkylation sites (tertiary alicyclic amines) is 2. The zero-order chi connectivity index (χ0) is 24.7. The number of nitrogens with zero attached hydrogens (tertiary/aromatic N) is 8. The fraction of sp³-hybridized carbons (Fsp3) is 0.400. The number of H-pyrrole nitrogens is 1. The van der Waals surface area contributed by atoms with Crippen LogP contribution in [0.4, 0.5) is 0 Å². The van der Waals surface area contributed by atoms with Crippen molar-refractivity contribution < 1.29 is 0 Å². The van der Waals surface area contributed by atoms with Crippen molar-refractivity contribution in [3.8, 4) is 17.3 Å². The number of halogens is 2.